The molecule has 1 saturated heterocycles. The van der Waals surface area contributed by atoms with E-state index in [4.69, 9.17) is 15.2 Å². The highest BCUT2D eigenvalue weighted by Crippen LogP contribution is 2.34. The van der Waals surface area contributed by atoms with Crippen LogP contribution in [0.3, 0.4) is 0 Å². The van der Waals surface area contributed by atoms with Crippen LogP contribution in [0.1, 0.15) is 12.8 Å². The van der Waals surface area contributed by atoms with Gasteiger partial charge in [0, 0.05) is 26.6 Å². The minimum absolute atomic E-state index is 0. The largest absolute Gasteiger partial charge is 0.491 e. The fourth-order valence-electron chi connectivity index (χ4n) is 2.84. The molecule has 1 fully saturated rings. The summed E-state index contributed by atoms with van der Waals surface area (Å²) in [4.78, 5) is 26.8. The zero-order valence-electron chi connectivity index (χ0n) is 13.7. The Balaban J connectivity index is 0.00000208. The monoisotopic (exact) mass is 355 g/mol. The fourth-order valence-corrected chi connectivity index (χ4v) is 2.84. The van der Waals surface area contributed by atoms with Gasteiger partial charge < -0.3 is 25.0 Å². The molecule has 1 aromatic carbocycles. The van der Waals surface area contributed by atoms with Gasteiger partial charge in [0.15, 0.2) is 0 Å². The van der Waals surface area contributed by atoms with E-state index in [-0.39, 0.29) is 36.9 Å². The van der Waals surface area contributed by atoms with Crippen LogP contribution in [0, 0.1) is 0 Å². The Kier molecular flexibility index (Phi) is 5.56. The van der Waals surface area contributed by atoms with Crippen LogP contribution in [0.2, 0.25) is 0 Å². The highest BCUT2D eigenvalue weighted by Gasteiger charge is 2.29. The smallest absolute Gasteiger partial charge is 0.247 e. The third kappa shape index (κ3) is 3.42. The third-order valence-electron chi connectivity index (χ3n) is 4.43. The average molecular weight is 356 g/mol. The second-order valence-electron chi connectivity index (χ2n) is 5.95. The van der Waals surface area contributed by atoms with Crippen LogP contribution in [-0.2, 0) is 9.59 Å². The number of hydrogen-bond donors (Lipinski definition) is 1. The van der Waals surface area contributed by atoms with Gasteiger partial charge in [-0.05, 0) is 18.6 Å². The maximum atomic E-state index is 12.1. The lowest BCUT2D eigenvalue weighted by Crippen LogP contribution is -2.43. The van der Waals surface area contributed by atoms with E-state index in [1.54, 1.807) is 37.2 Å². The normalized spacial score (nSPS) is 23.3. The highest BCUT2D eigenvalue weighted by molar-refractivity contribution is 5.98. The van der Waals surface area contributed by atoms with Crippen molar-refractivity contribution in [2.75, 3.05) is 32.2 Å². The number of benzene rings is 1. The fraction of sp³-hybridized carbons (Fsp3) is 0.500. The van der Waals surface area contributed by atoms with Gasteiger partial charge in [-0.15, -0.1) is 12.4 Å². The number of nitrogens with zero attached hydrogens (tertiary/aromatic N) is 2. The first-order chi connectivity index (χ1) is 11.0. The van der Waals surface area contributed by atoms with Gasteiger partial charge in [-0.2, -0.15) is 0 Å². The van der Waals surface area contributed by atoms with Crippen LogP contribution in [-0.4, -0.2) is 56.1 Å². The van der Waals surface area contributed by atoms with E-state index in [1.165, 1.54) is 4.90 Å². The van der Waals surface area contributed by atoms with Gasteiger partial charge in [0.1, 0.15) is 30.8 Å². The maximum absolute atomic E-state index is 12.1. The Labute approximate surface area is 147 Å². The highest BCUT2D eigenvalue weighted by atomic mass is 35.5. The number of amides is 2. The number of halogens is 1. The summed E-state index contributed by atoms with van der Waals surface area (Å²) in [5, 5.41) is 0. The van der Waals surface area contributed by atoms with Gasteiger partial charge >= 0.3 is 0 Å². The number of nitrogens with two attached hydrogens (primary N) is 1. The molecular weight excluding hydrogens is 334 g/mol. The van der Waals surface area contributed by atoms with Gasteiger partial charge in [-0.25, -0.2) is 0 Å². The Bertz CT molecular complexity index is 640. The van der Waals surface area contributed by atoms with Gasteiger partial charge in [0.05, 0.1) is 11.7 Å². The van der Waals surface area contributed by atoms with Crippen LogP contribution < -0.4 is 20.1 Å². The lowest BCUT2D eigenvalue weighted by molar-refractivity contribution is -0.128. The zero-order chi connectivity index (χ0) is 16.6. The predicted octanol–water partition coefficient (Wildman–Crippen LogP) is 0.790. The van der Waals surface area contributed by atoms with Crippen molar-refractivity contribution in [1.82, 2.24) is 4.90 Å². The molecule has 2 aliphatic heterocycles. The van der Waals surface area contributed by atoms with E-state index in [0.29, 0.717) is 30.2 Å². The van der Waals surface area contributed by atoms with Crippen molar-refractivity contribution in [3.8, 4) is 11.5 Å². The molecule has 1 aromatic rings. The first kappa shape index (κ1) is 18.4. The first-order valence-corrected chi connectivity index (χ1v) is 7.66. The molecule has 0 bridgehead atoms. The summed E-state index contributed by atoms with van der Waals surface area (Å²) in [6.07, 6.45) is 1.37. The van der Waals surface area contributed by atoms with Gasteiger partial charge in [-0.1, -0.05) is 0 Å². The number of likely N-dealkylation sites (tertiary alicyclic amines) is 1. The molecule has 0 aliphatic carbocycles. The van der Waals surface area contributed by atoms with Crippen LogP contribution in [0.25, 0.3) is 0 Å². The number of rotatable bonds is 3. The van der Waals surface area contributed by atoms with Gasteiger partial charge in [0.25, 0.3) is 0 Å². The van der Waals surface area contributed by atoms with Gasteiger partial charge in [-0.3, -0.25) is 9.59 Å². The van der Waals surface area contributed by atoms with E-state index in [0.717, 1.165) is 6.42 Å². The molecule has 3 rings (SSSR count). The van der Waals surface area contributed by atoms with Crippen LogP contribution in [0.15, 0.2) is 18.2 Å². The topological polar surface area (TPSA) is 85.1 Å². The van der Waals surface area contributed by atoms with E-state index in [1.807, 2.05) is 0 Å². The summed E-state index contributed by atoms with van der Waals surface area (Å²) < 4.78 is 11.4. The number of hydrogen-bond acceptors (Lipinski definition) is 5. The zero-order valence-corrected chi connectivity index (χ0v) is 14.5. The van der Waals surface area contributed by atoms with Crippen molar-refractivity contribution in [1.29, 1.82) is 0 Å². The molecule has 0 aromatic heterocycles. The van der Waals surface area contributed by atoms with E-state index in [2.05, 4.69) is 0 Å². The molecule has 132 valence electrons. The Morgan fingerprint density at radius 2 is 2.08 bits per heavy atom. The summed E-state index contributed by atoms with van der Waals surface area (Å²) >= 11 is 0. The molecule has 0 saturated carbocycles. The van der Waals surface area contributed by atoms with Crippen molar-refractivity contribution >= 4 is 29.9 Å². The summed E-state index contributed by atoms with van der Waals surface area (Å²) in [6.45, 7) is 0.588. The number of anilines is 1. The summed E-state index contributed by atoms with van der Waals surface area (Å²) in [7, 11) is 3.46. The minimum atomic E-state index is -0.671. The summed E-state index contributed by atoms with van der Waals surface area (Å²) in [5.74, 6) is 1.19. The third-order valence-corrected chi connectivity index (χ3v) is 4.43. The maximum Gasteiger partial charge on any atom is 0.247 e. The van der Waals surface area contributed by atoms with Crippen LogP contribution >= 0.6 is 12.4 Å². The quantitative estimate of drug-likeness (QED) is 0.866. The predicted molar refractivity (Wildman–Crippen MR) is 91.9 cm³/mol. The van der Waals surface area contributed by atoms with Crippen molar-refractivity contribution in [3.63, 3.8) is 0 Å². The molecular formula is C16H22ClN3O4. The molecule has 8 heteroatoms. The molecule has 24 heavy (non-hydrogen) atoms. The van der Waals surface area contributed by atoms with E-state index in [9.17, 15) is 9.59 Å². The summed E-state index contributed by atoms with van der Waals surface area (Å²) in [6, 6.07) is 4.75. The van der Waals surface area contributed by atoms with Crippen molar-refractivity contribution in [2.24, 2.45) is 5.73 Å². The standard InChI is InChI=1S/C16H21N3O4.ClH/c1-18-10(3-6-15(18)20)8-22-11-4-5-14-13(7-11)19(2)16(21)12(17)9-23-14;/h4-5,7,10,12H,3,6,8-9,17H2,1-2H3;1H/t10-,12-;/m0./s1. The van der Waals surface area contributed by atoms with E-state index >= 15 is 0 Å². The van der Waals surface area contributed by atoms with E-state index < -0.39 is 6.04 Å². The van der Waals surface area contributed by atoms with Gasteiger partial charge in [0.2, 0.25) is 11.8 Å². The molecule has 0 radical (unpaired) electrons. The van der Waals surface area contributed by atoms with Crippen molar-refractivity contribution in [2.45, 2.75) is 24.9 Å². The second-order valence-corrected chi connectivity index (χ2v) is 5.95. The van der Waals surface area contributed by atoms with Crippen LogP contribution in [0.5, 0.6) is 11.5 Å². The molecule has 2 atom stereocenters. The Morgan fingerprint density at radius 1 is 1.33 bits per heavy atom. The molecule has 2 N–H and O–H groups in total. The number of carbonyl (C=O) groups excluding carboxylic acids is 2. The molecule has 0 spiro atoms. The van der Waals surface area contributed by atoms with Crippen molar-refractivity contribution in [3.05, 3.63) is 18.2 Å². The van der Waals surface area contributed by atoms with Crippen molar-refractivity contribution < 1.29 is 19.1 Å². The minimum Gasteiger partial charge on any atom is -0.491 e. The molecule has 2 amide bonds. The second kappa shape index (κ2) is 7.27. The number of ether oxygens (including phenoxy) is 2. The average Bonchev–Trinajstić information content (AvgIpc) is 2.83. The molecule has 2 aliphatic rings. The lowest BCUT2D eigenvalue weighted by Gasteiger charge is -2.21. The Hall–Kier alpha value is -1.99. The SMILES string of the molecule is CN1C(=O)[C@@H](N)COc2ccc(OC[C@@H]3CCC(=O)N3C)cc21.Cl. The Morgan fingerprint density at radius 3 is 2.75 bits per heavy atom. The number of carbonyl (C=O) groups is 2. The van der Waals surface area contributed by atoms with Crippen LogP contribution in [0.4, 0.5) is 5.69 Å². The number of fused-ring (bicyclic) bond motifs is 1. The first-order valence-electron chi connectivity index (χ1n) is 7.66. The molecule has 2 heterocycles. The molecule has 7 nitrogen and oxygen atoms in total. The lowest BCUT2D eigenvalue weighted by atomic mass is 10.2. The number of likely N-dealkylation sites (N-methyl/N-ethyl adjacent to an activating group) is 2. The summed E-state index contributed by atoms with van der Waals surface area (Å²) in [5.41, 5.74) is 6.41. The molecule has 0 unspecified atom stereocenters.